The third-order valence-electron chi connectivity index (χ3n) is 3.67. The van der Waals surface area contributed by atoms with Crippen LogP contribution in [0, 0.1) is 0 Å². The van der Waals surface area contributed by atoms with Gasteiger partial charge in [-0.25, -0.2) is 9.97 Å². The summed E-state index contributed by atoms with van der Waals surface area (Å²) in [6, 6.07) is 10.6. The highest BCUT2D eigenvalue weighted by molar-refractivity contribution is 5.40. The number of hydrogen-bond acceptors (Lipinski definition) is 3. The van der Waals surface area contributed by atoms with Gasteiger partial charge in [-0.3, -0.25) is 0 Å². The molecule has 0 radical (unpaired) electrons. The van der Waals surface area contributed by atoms with E-state index in [-0.39, 0.29) is 0 Å². The molecule has 0 unspecified atom stereocenters. The summed E-state index contributed by atoms with van der Waals surface area (Å²) < 4.78 is 0. The fourth-order valence-corrected chi connectivity index (χ4v) is 2.50. The van der Waals surface area contributed by atoms with Crippen LogP contribution >= 0.6 is 0 Å². The van der Waals surface area contributed by atoms with Gasteiger partial charge in [0.15, 0.2) is 0 Å². The lowest BCUT2D eigenvalue weighted by atomic mass is 10.0. The number of rotatable bonds is 2. The van der Waals surface area contributed by atoms with Crippen LogP contribution in [0.15, 0.2) is 36.5 Å². The molecule has 0 fully saturated rings. The summed E-state index contributed by atoms with van der Waals surface area (Å²) in [5.74, 6) is 1.31. The molecule has 0 bridgehead atoms. The number of fused-ring (bicyclic) bond motifs is 1. The Balaban J connectivity index is 1.87. The summed E-state index contributed by atoms with van der Waals surface area (Å²) in [5.41, 5.74) is 3.97. The fourth-order valence-electron chi connectivity index (χ4n) is 2.50. The van der Waals surface area contributed by atoms with E-state index in [4.69, 9.17) is 0 Å². The highest BCUT2D eigenvalue weighted by Crippen LogP contribution is 2.22. The Morgan fingerprint density at radius 3 is 2.68 bits per heavy atom. The van der Waals surface area contributed by atoms with Crippen LogP contribution in [-0.4, -0.2) is 16.5 Å². The largest absolute Gasteiger partial charge is 0.336 e. The Labute approximate surface area is 114 Å². The molecule has 2 aromatic rings. The summed E-state index contributed by atoms with van der Waals surface area (Å²) in [5, 5.41) is 0. The van der Waals surface area contributed by atoms with Crippen molar-refractivity contribution < 1.29 is 0 Å². The molecule has 2 heterocycles. The summed E-state index contributed by atoms with van der Waals surface area (Å²) >= 11 is 0. The first-order chi connectivity index (χ1) is 9.24. The summed E-state index contributed by atoms with van der Waals surface area (Å²) in [6.45, 7) is 6.24. The Hall–Kier alpha value is -1.90. The zero-order valence-electron chi connectivity index (χ0n) is 11.5. The average Bonchev–Trinajstić information content (AvgIpc) is 2.47. The molecule has 0 atom stereocenters. The molecule has 0 amide bonds. The Morgan fingerprint density at radius 1 is 1.11 bits per heavy atom. The van der Waals surface area contributed by atoms with E-state index in [9.17, 15) is 0 Å². The van der Waals surface area contributed by atoms with E-state index < -0.39 is 0 Å². The number of anilines is 1. The van der Waals surface area contributed by atoms with Crippen LogP contribution in [0.3, 0.4) is 0 Å². The van der Waals surface area contributed by atoms with Gasteiger partial charge in [0.05, 0.1) is 0 Å². The highest BCUT2D eigenvalue weighted by atomic mass is 15.2. The molecule has 0 N–H and O–H groups in total. The second-order valence-electron chi connectivity index (χ2n) is 5.38. The quantitative estimate of drug-likeness (QED) is 0.823. The maximum atomic E-state index is 4.68. The lowest BCUT2D eigenvalue weighted by Crippen LogP contribution is -2.31. The van der Waals surface area contributed by atoms with Crippen LogP contribution in [0.25, 0.3) is 0 Å². The first-order valence-corrected chi connectivity index (χ1v) is 6.88. The molecular weight excluding hydrogens is 234 g/mol. The van der Waals surface area contributed by atoms with Crippen molar-refractivity contribution in [3.8, 4) is 0 Å². The zero-order valence-corrected chi connectivity index (χ0v) is 11.5. The number of benzene rings is 1. The van der Waals surface area contributed by atoms with E-state index in [2.05, 4.69) is 53.0 Å². The van der Waals surface area contributed by atoms with E-state index in [1.807, 2.05) is 12.3 Å². The van der Waals surface area contributed by atoms with Crippen molar-refractivity contribution >= 4 is 5.95 Å². The smallest absolute Gasteiger partial charge is 0.225 e. The highest BCUT2D eigenvalue weighted by Gasteiger charge is 2.18. The molecule has 0 saturated heterocycles. The number of hydrogen-bond donors (Lipinski definition) is 0. The van der Waals surface area contributed by atoms with Crippen LogP contribution in [0.5, 0.6) is 0 Å². The van der Waals surface area contributed by atoms with E-state index >= 15 is 0 Å². The third-order valence-corrected chi connectivity index (χ3v) is 3.67. The van der Waals surface area contributed by atoms with E-state index in [1.54, 1.807) is 0 Å². The minimum atomic E-state index is 0.443. The average molecular weight is 253 g/mol. The van der Waals surface area contributed by atoms with Crippen molar-refractivity contribution in [1.82, 2.24) is 9.97 Å². The summed E-state index contributed by atoms with van der Waals surface area (Å²) in [7, 11) is 0. The van der Waals surface area contributed by atoms with Crippen molar-refractivity contribution in [2.24, 2.45) is 0 Å². The first-order valence-electron chi connectivity index (χ1n) is 6.88. The van der Waals surface area contributed by atoms with Gasteiger partial charge in [0.2, 0.25) is 5.95 Å². The Kier molecular flexibility index (Phi) is 3.20. The van der Waals surface area contributed by atoms with E-state index in [1.165, 1.54) is 11.1 Å². The Morgan fingerprint density at radius 2 is 1.89 bits per heavy atom. The van der Waals surface area contributed by atoms with Crippen molar-refractivity contribution in [3.05, 3.63) is 53.3 Å². The third kappa shape index (κ3) is 2.46. The monoisotopic (exact) mass is 253 g/mol. The molecule has 1 aliphatic rings. The molecule has 19 heavy (non-hydrogen) atoms. The van der Waals surface area contributed by atoms with Gasteiger partial charge >= 0.3 is 0 Å². The molecule has 0 aliphatic carbocycles. The van der Waals surface area contributed by atoms with Crippen LogP contribution in [-0.2, 0) is 13.0 Å². The van der Waals surface area contributed by atoms with Crippen LogP contribution in [0.2, 0.25) is 0 Å². The molecule has 98 valence electrons. The second-order valence-corrected chi connectivity index (χ2v) is 5.38. The predicted molar refractivity (Wildman–Crippen MR) is 77.3 cm³/mol. The lowest BCUT2D eigenvalue weighted by Gasteiger charge is -2.29. The Bertz CT molecular complexity index is 578. The maximum Gasteiger partial charge on any atom is 0.225 e. The molecule has 1 aromatic heterocycles. The SMILES string of the molecule is CC(C)c1ccnc(N2CCc3ccccc3C2)n1. The number of nitrogens with zero attached hydrogens (tertiary/aromatic N) is 3. The van der Waals surface area contributed by atoms with Crippen molar-refractivity contribution in [3.63, 3.8) is 0 Å². The van der Waals surface area contributed by atoms with Gasteiger partial charge in [-0.2, -0.15) is 0 Å². The normalized spacial score (nSPS) is 14.6. The standard InChI is InChI=1S/C16H19N3/c1-12(2)15-7-9-17-16(18-15)19-10-8-13-5-3-4-6-14(13)11-19/h3-7,9,12H,8,10-11H2,1-2H3. The second kappa shape index (κ2) is 5.00. The van der Waals surface area contributed by atoms with Gasteiger partial charge in [0.25, 0.3) is 0 Å². The molecule has 3 nitrogen and oxygen atoms in total. The van der Waals surface area contributed by atoms with Crippen LogP contribution in [0.1, 0.15) is 36.6 Å². The number of aromatic nitrogens is 2. The predicted octanol–water partition coefficient (Wildman–Crippen LogP) is 3.16. The first kappa shape index (κ1) is 12.2. The van der Waals surface area contributed by atoms with Crippen molar-refractivity contribution in [2.45, 2.75) is 32.7 Å². The van der Waals surface area contributed by atoms with Crippen LogP contribution in [0.4, 0.5) is 5.95 Å². The fraction of sp³-hybridized carbons (Fsp3) is 0.375. The van der Waals surface area contributed by atoms with Gasteiger partial charge in [-0.05, 0) is 29.5 Å². The summed E-state index contributed by atoms with van der Waals surface area (Å²) in [4.78, 5) is 11.4. The lowest BCUT2D eigenvalue weighted by molar-refractivity contribution is 0.697. The van der Waals surface area contributed by atoms with Crippen LogP contribution < -0.4 is 4.90 Å². The topological polar surface area (TPSA) is 29.0 Å². The molecular formula is C16H19N3. The molecule has 1 aliphatic heterocycles. The minimum absolute atomic E-state index is 0.443. The molecule has 1 aromatic carbocycles. The summed E-state index contributed by atoms with van der Waals surface area (Å²) in [6.07, 6.45) is 2.95. The maximum absolute atomic E-state index is 4.68. The van der Waals surface area contributed by atoms with Gasteiger partial charge in [0.1, 0.15) is 0 Å². The molecule has 3 heteroatoms. The van der Waals surface area contributed by atoms with E-state index in [0.29, 0.717) is 5.92 Å². The zero-order chi connectivity index (χ0) is 13.2. The van der Waals surface area contributed by atoms with Gasteiger partial charge in [0, 0.05) is 25.0 Å². The van der Waals surface area contributed by atoms with E-state index in [0.717, 1.165) is 31.2 Å². The van der Waals surface area contributed by atoms with Crippen molar-refractivity contribution in [1.29, 1.82) is 0 Å². The van der Waals surface area contributed by atoms with Crippen molar-refractivity contribution in [2.75, 3.05) is 11.4 Å². The molecule has 0 saturated carbocycles. The van der Waals surface area contributed by atoms with Gasteiger partial charge in [-0.1, -0.05) is 38.1 Å². The molecule has 3 rings (SSSR count). The molecule has 0 spiro atoms. The van der Waals surface area contributed by atoms with Gasteiger partial charge in [-0.15, -0.1) is 0 Å². The minimum Gasteiger partial charge on any atom is -0.336 e. The van der Waals surface area contributed by atoms with Gasteiger partial charge < -0.3 is 4.90 Å².